The summed E-state index contributed by atoms with van der Waals surface area (Å²) in [6.45, 7) is 2.05. The van der Waals surface area contributed by atoms with Gasteiger partial charge in [0.25, 0.3) is 0 Å². The molecule has 0 radical (unpaired) electrons. The zero-order valence-corrected chi connectivity index (χ0v) is 10.1. The van der Waals surface area contributed by atoms with Crippen molar-refractivity contribution >= 4 is 11.6 Å². The van der Waals surface area contributed by atoms with Gasteiger partial charge in [0.15, 0.2) is 0 Å². The normalized spacial score (nSPS) is 13.3. The van der Waals surface area contributed by atoms with Gasteiger partial charge in [0, 0.05) is 5.56 Å². The van der Waals surface area contributed by atoms with E-state index in [1.165, 1.54) is 0 Å². The van der Waals surface area contributed by atoms with Crippen molar-refractivity contribution in [2.24, 2.45) is 0 Å². The molecule has 0 saturated carbocycles. The minimum atomic E-state index is -0.106. The van der Waals surface area contributed by atoms with Crippen molar-refractivity contribution in [2.45, 2.75) is 13.5 Å². The van der Waals surface area contributed by atoms with Crippen molar-refractivity contribution < 1.29 is 9.53 Å². The largest absolute Gasteiger partial charge is 0.497 e. The van der Waals surface area contributed by atoms with Crippen molar-refractivity contribution in [3.8, 4) is 17.0 Å². The predicted octanol–water partition coefficient (Wildman–Crippen LogP) is 1.21. The number of amides is 1. The smallest absolute Gasteiger partial charge is 0.246 e. The average molecular weight is 244 g/mol. The highest BCUT2D eigenvalue weighted by Crippen LogP contribution is 2.34. The first-order valence-corrected chi connectivity index (χ1v) is 5.57. The van der Waals surface area contributed by atoms with Gasteiger partial charge in [-0.05, 0) is 25.1 Å². The SMILES string of the molecule is COc1ccc2c(c1)-c1c(C)nnn1CC(=O)N2. The van der Waals surface area contributed by atoms with E-state index in [4.69, 9.17) is 4.74 Å². The molecule has 0 unspecified atom stereocenters. The molecule has 0 spiro atoms. The van der Waals surface area contributed by atoms with Crippen molar-refractivity contribution in [3.63, 3.8) is 0 Å². The summed E-state index contributed by atoms with van der Waals surface area (Å²) >= 11 is 0. The molecule has 0 bridgehead atoms. The van der Waals surface area contributed by atoms with Gasteiger partial charge >= 0.3 is 0 Å². The van der Waals surface area contributed by atoms with Crippen LogP contribution < -0.4 is 10.1 Å². The fraction of sp³-hybridized carbons (Fsp3) is 0.250. The van der Waals surface area contributed by atoms with Crippen LogP contribution in [0.15, 0.2) is 18.2 Å². The molecular formula is C12H12N4O2. The van der Waals surface area contributed by atoms with Gasteiger partial charge < -0.3 is 10.1 Å². The number of fused-ring (bicyclic) bond motifs is 3. The van der Waals surface area contributed by atoms with Crippen molar-refractivity contribution in [1.29, 1.82) is 0 Å². The number of rotatable bonds is 1. The number of anilines is 1. The van der Waals surface area contributed by atoms with Crippen molar-refractivity contribution in [3.05, 3.63) is 23.9 Å². The number of aryl methyl sites for hydroxylation is 1. The number of hydrogen-bond donors (Lipinski definition) is 1. The quantitative estimate of drug-likeness (QED) is 0.818. The number of aromatic nitrogens is 3. The zero-order valence-electron chi connectivity index (χ0n) is 10.1. The van der Waals surface area contributed by atoms with E-state index in [0.29, 0.717) is 0 Å². The minimum Gasteiger partial charge on any atom is -0.497 e. The molecule has 0 aliphatic carbocycles. The molecule has 0 saturated heterocycles. The van der Waals surface area contributed by atoms with Crippen LogP contribution in [0.4, 0.5) is 5.69 Å². The molecular weight excluding hydrogens is 232 g/mol. The standard InChI is InChI=1S/C12H12N4O2/c1-7-12-9-5-8(18-2)3-4-10(9)13-11(17)6-16(12)15-14-7/h3-5H,6H2,1-2H3,(H,13,17). The number of hydrogen-bond acceptors (Lipinski definition) is 4. The molecule has 2 heterocycles. The van der Waals surface area contributed by atoms with E-state index in [0.717, 1.165) is 28.4 Å². The third-order valence-electron chi connectivity index (χ3n) is 2.95. The Balaban J connectivity index is 2.28. The Kier molecular flexibility index (Phi) is 2.29. The molecule has 3 rings (SSSR count). The lowest BCUT2D eigenvalue weighted by Gasteiger charge is -2.09. The third-order valence-corrected chi connectivity index (χ3v) is 2.95. The summed E-state index contributed by atoms with van der Waals surface area (Å²) in [5, 5.41) is 10.9. The Bertz CT molecular complexity index is 633. The number of nitrogens with zero attached hydrogens (tertiary/aromatic N) is 3. The molecule has 1 aromatic heterocycles. The number of carbonyl (C=O) groups is 1. The summed E-state index contributed by atoms with van der Waals surface area (Å²) in [5.41, 5.74) is 3.27. The second kappa shape index (κ2) is 3.83. The van der Waals surface area contributed by atoms with E-state index in [2.05, 4.69) is 15.6 Å². The van der Waals surface area contributed by atoms with E-state index in [-0.39, 0.29) is 12.5 Å². The molecule has 2 aromatic rings. The fourth-order valence-corrected chi connectivity index (χ4v) is 2.13. The second-order valence-electron chi connectivity index (χ2n) is 4.14. The van der Waals surface area contributed by atoms with Gasteiger partial charge in [-0.1, -0.05) is 5.21 Å². The Morgan fingerprint density at radius 3 is 3.06 bits per heavy atom. The first kappa shape index (κ1) is 10.8. The lowest BCUT2D eigenvalue weighted by Crippen LogP contribution is -2.17. The number of ether oxygens (including phenoxy) is 1. The van der Waals surface area contributed by atoms with Gasteiger partial charge in [-0.3, -0.25) is 4.79 Å². The van der Waals surface area contributed by atoms with Crippen LogP contribution in [-0.4, -0.2) is 28.0 Å². The van der Waals surface area contributed by atoms with E-state index in [9.17, 15) is 4.79 Å². The molecule has 6 heteroatoms. The van der Waals surface area contributed by atoms with Gasteiger partial charge in [0.2, 0.25) is 5.91 Å². The summed E-state index contributed by atoms with van der Waals surface area (Å²) in [4.78, 5) is 11.7. The van der Waals surface area contributed by atoms with Crippen molar-refractivity contribution in [2.75, 3.05) is 12.4 Å². The monoisotopic (exact) mass is 244 g/mol. The molecule has 1 amide bonds. The second-order valence-corrected chi connectivity index (χ2v) is 4.14. The van der Waals surface area contributed by atoms with Gasteiger partial charge in [0.1, 0.15) is 12.3 Å². The maximum Gasteiger partial charge on any atom is 0.246 e. The van der Waals surface area contributed by atoms with Crippen LogP contribution in [0.3, 0.4) is 0 Å². The molecule has 0 atom stereocenters. The van der Waals surface area contributed by atoms with Crippen LogP contribution in [0, 0.1) is 6.92 Å². The van der Waals surface area contributed by atoms with Crippen LogP contribution in [0.25, 0.3) is 11.3 Å². The first-order valence-electron chi connectivity index (χ1n) is 5.57. The molecule has 1 aliphatic rings. The lowest BCUT2D eigenvalue weighted by molar-refractivity contribution is -0.116. The van der Waals surface area contributed by atoms with E-state index in [1.807, 2.05) is 25.1 Å². The zero-order chi connectivity index (χ0) is 12.7. The van der Waals surface area contributed by atoms with Crippen LogP contribution in [0.2, 0.25) is 0 Å². The summed E-state index contributed by atoms with van der Waals surface area (Å²) < 4.78 is 6.82. The molecule has 1 aliphatic heterocycles. The van der Waals surface area contributed by atoms with Gasteiger partial charge in [-0.2, -0.15) is 0 Å². The molecule has 92 valence electrons. The van der Waals surface area contributed by atoms with E-state index >= 15 is 0 Å². The Morgan fingerprint density at radius 1 is 1.44 bits per heavy atom. The number of methoxy groups -OCH3 is 1. The molecule has 6 nitrogen and oxygen atoms in total. The molecule has 18 heavy (non-hydrogen) atoms. The van der Waals surface area contributed by atoms with Gasteiger partial charge in [-0.25, -0.2) is 4.68 Å². The molecule has 0 fully saturated rings. The van der Waals surface area contributed by atoms with Crippen LogP contribution >= 0.6 is 0 Å². The van der Waals surface area contributed by atoms with E-state index in [1.54, 1.807) is 11.8 Å². The number of benzene rings is 1. The summed E-state index contributed by atoms with van der Waals surface area (Å²) in [5.74, 6) is 0.627. The summed E-state index contributed by atoms with van der Waals surface area (Å²) in [6, 6.07) is 5.52. The Hall–Kier alpha value is -2.37. The number of carbonyl (C=O) groups excluding carboxylic acids is 1. The highest BCUT2D eigenvalue weighted by Gasteiger charge is 2.22. The number of nitrogens with one attached hydrogen (secondary N) is 1. The minimum absolute atomic E-state index is 0.106. The molecule has 1 aromatic carbocycles. The fourth-order valence-electron chi connectivity index (χ4n) is 2.13. The summed E-state index contributed by atoms with van der Waals surface area (Å²) in [7, 11) is 1.61. The van der Waals surface area contributed by atoms with Crippen LogP contribution in [0.5, 0.6) is 5.75 Å². The van der Waals surface area contributed by atoms with E-state index < -0.39 is 0 Å². The molecule has 1 N–H and O–H groups in total. The Labute approximate surface area is 104 Å². The Morgan fingerprint density at radius 2 is 2.28 bits per heavy atom. The maximum atomic E-state index is 11.7. The highest BCUT2D eigenvalue weighted by atomic mass is 16.5. The van der Waals surface area contributed by atoms with Gasteiger partial charge in [0.05, 0.1) is 24.2 Å². The highest BCUT2D eigenvalue weighted by molar-refractivity contribution is 5.97. The average Bonchev–Trinajstić information content (AvgIpc) is 2.64. The maximum absolute atomic E-state index is 11.7. The predicted molar refractivity (Wildman–Crippen MR) is 65.4 cm³/mol. The van der Waals surface area contributed by atoms with Crippen LogP contribution in [0.1, 0.15) is 5.69 Å². The topological polar surface area (TPSA) is 69.0 Å². The van der Waals surface area contributed by atoms with Crippen molar-refractivity contribution in [1.82, 2.24) is 15.0 Å². The van der Waals surface area contributed by atoms with Gasteiger partial charge in [-0.15, -0.1) is 5.10 Å². The third kappa shape index (κ3) is 1.54. The van der Waals surface area contributed by atoms with Crippen LogP contribution in [-0.2, 0) is 11.3 Å². The summed E-state index contributed by atoms with van der Waals surface area (Å²) in [6.07, 6.45) is 0. The first-order chi connectivity index (χ1) is 8.69. The lowest BCUT2D eigenvalue weighted by atomic mass is 10.1.